The highest BCUT2D eigenvalue weighted by molar-refractivity contribution is 9.10. The molecule has 1 aliphatic heterocycles. The molecule has 1 aliphatic rings. The van der Waals surface area contributed by atoms with Crippen LogP contribution < -0.4 is 10.6 Å². The first kappa shape index (κ1) is 22.3. The molecule has 0 saturated carbocycles. The van der Waals surface area contributed by atoms with Crippen LogP contribution in [0.2, 0.25) is 0 Å². The Hall–Kier alpha value is -3.49. The van der Waals surface area contributed by atoms with Crippen LogP contribution in [0, 0.1) is 0 Å². The fourth-order valence-electron chi connectivity index (χ4n) is 4.27. The zero-order chi connectivity index (χ0) is 23.5. The highest BCUT2D eigenvalue weighted by Gasteiger charge is 2.42. The first-order chi connectivity index (χ1) is 16.6. The summed E-state index contributed by atoms with van der Waals surface area (Å²) in [5, 5.41) is 6.90. The van der Waals surface area contributed by atoms with Gasteiger partial charge in [-0.05, 0) is 66.8 Å². The van der Waals surface area contributed by atoms with Crippen molar-refractivity contribution in [2.24, 2.45) is 0 Å². The number of para-hydroxylation sites is 1. The first-order valence-electron chi connectivity index (χ1n) is 10.9. The van der Waals surface area contributed by atoms with Gasteiger partial charge in [-0.25, -0.2) is 0 Å². The third-order valence-corrected chi connectivity index (χ3v) is 6.58. The normalized spacial score (nSPS) is 17.4. The minimum absolute atomic E-state index is 0.110. The second kappa shape index (κ2) is 9.79. The van der Waals surface area contributed by atoms with Gasteiger partial charge in [-0.1, -0.05) is 46.3 Å². The Morgan fingerprint density at radius 2 is 1.85 bits per heavy atom. The van der Waals surface area contributed by atoms with E-state index >= 15 is 0 Å². The second-order valence-corrected chi connectivity index (χ2v) is 9.25. The van der Waals surface area contributed by atoms with Crippen molar-refractivity contribution in [2.45, 2.75) is 12.1 Å². The Kier molecular flexibility index (Phi) is 6.42. The van der Waals surface area contributed by atoms with Gasteiger partial charge in [0.2, 0.25) is 5.91 Å². The van der Waals surface area contributed by atoms with E-state index in [1.165, 1.54) is 0 Å². The third kappa shape index (κ3) is 4.60. The van der Waals surface area contributed by atoms with E-state index in [1.807, 2.05) is 77.8 Å². The molecule has 34 heavy (non-hydrogen) atoms. The number of aromatic nitrogens is 2. The van der Waals surface area contributed by atoms with Crippen LogP contribution in [0.1, 0.15) is 23.5 Å². The van der Waals surface area contributed by atoms with E-state index in [4.69, 9.17) is 12.2 Å². The number of carbonyl (C=O) groups excluding carboxylic acids is 1. The summed E-state index contributed by atoms with van der Waals surface area (Å²) >= 11 is 9.29. The van der Waals surface area contributed by atoms with E-state index in [0.29, 0.717) is 5.11 Å². The minimum atomic E-state index is -0.238. The highest BCUT2D eigenvalue weighted by Crippen LogP contribution is 2.39. The van der Waals surface area contributed by atoms with Crippen molar-refractivity contribution >= 4 is 44.9 Å². The number of thiocarbonyl (C=S) groups is 1. The SMILES string of the molecule is O=C(CN1C(=S)N[C@H](c2ccccn2)[C@H]1c1cccn1-c1cccc(Br)c1)Nc1ccccc1. The predicted molar refractivity (Wildman–Crippen MR) is 141 cm³/mol. The third-order valence-electron chi connectivity index (χ3n) is 5.74. The van der Waals surface area contributed by atoms with Crippen LogP contribution >= 0.6 is 28.1 Å². The second-order valence-electron chi connectivity index (χ2n) is 7.95. The summed E-state index contributed by atoms with van der Waals surface area (Å²) in [7, 11) is 0. The minimum Gasteiger partial charge on any atom is -0.352 e. The van der Waals surface area contributed by atoms with Crippen LogP contribution in [-0.4, -0.2) is 32.0 Å². The van der Waals surface area contributed by atoms with E-state index < -0.39 is 0 Å². The van der Waals surface area contributed by atoms with E-state index in [-0.39, 0.29) is 24.5 Å². The molecule has 2 atom stereocenters. The van der Waals surface area contributed by atoms with Crippen LogP contribution in [0.5, 0.6) is 0 Å². The van der Waals surface area contributed by atoms with Crippen LogP contribution in [0.3, 0.4) is 0 Å². The van der Waals surface area contributed by atoms with Gasteiger partial charge in [0.1, 0.15) is 6.54 Å². The number of nitrogens with one attached hydrogen (secondary N) is 2. The molecule has 6 nitrogen and oxygen atoms in total. The van der Waals surface area contributed by atoms with E-state index in [9.17, 15) is 4.79 Å². The monoisotopic (exact) mass is 531 g/mol. The molecule has 3 heterocycles. The molecule has 4 aromatic rings. The molecule has 0 spiro atoms. The number of hydrogen-bond donors (Lipinski definition) is 2. The van der Waals surface area contributed by atoms with Crippen molar-refractivity contribution < 1.29 is 4.79 Å². The van der Waals surface area contributed by atoms with Gasteiger partial charge < -0.3 is 20.1 Å². The largest absolute Gasteiger partial charge is 0.352 e. The number of benzene rings is 2. The molecule has 2 N–H and O–H groups in total. The number of anilines is 1. The Labute approximate surface area is 211 Å². The predicted octanol–water partition coefficient (Wildman–Crippen LogP) is 5.25. The molecule has 0 radical (unpaired) electrons. The van der Waals surface area contributed by atoms with Gasteiger partial charge in [0, 0.05) is 33.9 Å². The molecule has 0 unspecified atom stereocenters. The van der Waals surface area contributed by atoms with Crippen LogP contribution in [-0.2, 0) is 4.79 Å². The Morgan fingerprint density at radius 3 is 2.62 bits per heavy atom. The summed E-state index contributed by atoms with van der Waals surface area (Å²) in [6.45, 7) is 0.110. The lowest BCUT2D eigenvalue weighted by Crippen LogP contribution is -2.37. The number of pyridine rings is 1. The first-order valence-corrected chi connectivity index (χ1v) is 12.1. The maximum atomic E-state index is 13.0. The Bertz CT molecular complexity index is 1310. The fourth-order valence-corrected chi connectivity index (χ4v) is 4.96. The summed E-state index contributed by atoms with van der Waals surface area (Å²) in [4.78, 5) is 19.5. The lowest BCUT2D eigenvalue weighted by Gasteiger charge is -2.28. The van der Waals surface area contributed by atoms with Crippen molar-refractivity contribution in [3.8, 4) is 5.69 Å². The molecular formula is C26H22BrN5OS. The molecule has 2 aromatic carbocycles. The van der Waals surface area contributed by atoms with Crippen LogP contribution in [0.25, 0.3) is 5.69 Å². The van der Waals surface area contributed by atoms with E-state index in [2.05, 4.69) is 54.3 Å². The number of hydrogen-bond acceptors (Lipinski definition) is 3. The Balaban J connectivity index is 1.52. The summed E-state index contributed by atoms with van der Waals surface area (Å²) in [5.41, 5.74) is 3.64. The van der Waals surface area contributed by atoms with E-state index in [0.717, 1.165) is 27.2 Å². The zero-order valence-electron chi connectivity index (χ0n) is 18.1. The molecule has 0 aliphatic carbocycles. The van der Waals surface area contributed by atoms with Crippen LogP contribution in [0.4, 0.5) is 5.69 Å². The molecule has 170 valence electrons. The number of halogens is 1. The molecule has 1 fully saturated rings. The summed E-state index contributed by atoms with van der Waals surface area (Å²) in [6, 6.07) is 27.0. The van der Waals surface area contributed by atoms with Gasteiger partial charge in [-0.2, -0.15) is 0 Å². The average molecular weight is 532 g/mol. The molecule has 8 heteroatoms. The zero-order valence-corrected chi connectivity index (χ0v) is 20.5. The fraction of sp³-hybridized carbons (Fsp3) is 0.115. The van der Waals surface area contributed by atoms with Crippen LogP contribution in [0.15, 0.2) is 102 Å². The lowest BCUT2D eigenvalue weighted by molar-refractivity contribution is -0.116. The van der Waals surface area contributed by atoms with Crippen molar-refractivity contribution in [1.29, 1.82) is 0 Å². The van der Waals surface area contributed by atoms with Crippen molar-refractivity contribution in [1.82, 2.24) is 19.8 Å². The number of amides is 1. The smallest absolute Gasteiger partial charge is 0.244 e. The molecule has 1 saturated heterocycles. The highest BCUT2D eigenvalue weighted by atomic mass is 79.9. The summed E-state index contributed by atoms with van der Waals surface area (Å²) in [5.74, 6) is -0.136. The maximum Gasteiger partial charge on any atom is 0.244 e. The number of nitrogens with zero attached hydrogens (tertiary/aromatic N) is 3. The van der Waals surface area contributed by atoms with Crippen molar-refractivity contribution in [2.75, 3.05) is 11.9 Å². The van der Waals surface area contributed by atoms with Gasteiger partial charge in [-0.3, -0.25) is 9.78 Å². The average Bonchev–Trinajstić information content (AvgIpc) is 3.45. The van der Waals surface area contributed by atoms with E-state index in [1.54, 1.807) is 6.20 Å². The van der Waals surface area contributed by atoms with Gasteiger partial charge in [0.15, 0.2) is 5.11 Å². The summed E-state index contributed by atoms with van der Waals surface area (Å²) in [6.07, 6.45) is 3.80. The molecule has 0 bridgehead atoms. The Morgan fingerprint density at radius 1 is 1.03 bits per heavy atom. The van der Waals surface area contributed by atoms with Gasteiger partial charge in [0.25, 0.3) is 0 Å². The van der Waals surface area contributed by atoms with Gasteiger partial charge in [0.05, 0.1) is 17.8 Å². The van der Waals surface area contributed by atoms with Gasteiger partial charge in [-0.15, -0.1) is 0 Å². The topological polar surface area (TPSA) is 62.2 Å². The standard InChI is InChI=1S/C26H22BrN5OS/c27-18-8-6-11-20(16-18)31-15-7-13-22(31)25-24(21-12-4-5-14-28-21)30-26(34)32(25)17-23(33)29-19-9-2-1-3-10-19/h1-16,24-25H,17H2,(H,29,33)(H,30,34)/t24-,25-/m1/s1. The number of rotatable bonds is 6. The quantitative estimate of drug-likeness (QED) is 0.333. The molecule has 2 aromatic heterocycles. The maximum absolute atomic E-state index is 13.0. The lowest BCUT2D eigenvalue weighted by atomic mass is 10.0. The molecular weight excluding hydrogens is 510 g/mol. The van der Waals surface area contributed by atoms with Crippen molar-refractivity contribution in [3.63, 3.8) is 0 Å². The summed E-state index contributed by atoms with van der Waals surface area (Å²) < 4.78 is 3.12. The van der Waals surface area contributed by atoms with Crippen molar-refractivity contribution in [3.05, 3.63) is 113 Å². The number of carbonyl (C=O) groups is 1. The molecule has 1 amide bonds. The molecule has 5 rings (SSSR count). The van der Waals surface area contributed by atoms with Gasteiger partial charge >= 0.3 is 0 Å².